The Hall–Kier alpha value is -2.95. The highest BCUT2D eigenvalue weighted by Gasteiger charge is 2.15. The minimum Gasteiger partial charge on any atom is -0.395 e. The quantitative estimate of drug-likeness (QED) is 0.510. The van der Waals surface area contributed by atoms with Gasteiger partial charge in [-0.05, 0) is 36.4 Å². The van der Waals surface area contributed by atoms with Crippen molar-refractivity contribution in [1.29, 1.82) is 0 Å². The monoisotopic (exact) mass is 452 g/mol. The minimum absolute atomic E-state index is 0.168. The first-order valence-corrected chi connectivity index (χ1v) is 10.9. The zero-order valence-corrected chi connectivity index (χ0v) is 17.3. The lowest BCUT2D eigenvalue weighted by Crippen LogP contribution is -2.13. The van der Waals surface area contributed by atoms with Crippen molar-refractivity contribution < 1.29 is 22.7 Å². The lowest BCUT2D eigenvalue weighted by molar-refractivity contribution is 0.102. The zero-order valence-electron chi connectivity index (χ0n) is 15.8. The molecule has 0 saturated heterocycles. The number of benzene rings is 1. The maximum atomic E-state index is 13.2. The third-order valence-corrected chi connectivity index (χ3v) is 4.77. The number of hydrogen-bond acceptors (Lipinski definition) is 5. The van der Waals surface area contributed by atoms with E-state index in [2.05, 4.69) is 15.0 Å². The lowest BCUT2D eigenvalue weighted by atomic mass is 10.2. The van der Waals surface area contributed by atoms with Gasteiger partial charge in [0.05, 0.1) is 41.7 Å². The highest BCUT2D eigenvalue weighted by molar-refractivity contribution is 7.92. The van der Waals surface area contributed by atoms with Gasteiger partial charge in [-0.15, -0.1) is 0 Å². The van der Waals surface area contributed by atoms with Gasteiger partial charge in [-0.1, -0.05) is 11.6 Å². The van der Waals surface area contributed by atoms with Gasteiger partial charge in [0.25, 0.3) is 5.91 Å². The Morgan fingerprint density at radius 1 is 1.23 bits per heavy atom. The van der Waals surface area contributed by atoms with Crippen molar-refractivity contribution in [2.75, 3.05) is 22.9 Å². The molecule has 1 amide bonds. The van der Waals surface area contributed by atoms with E-state index >= 15 is 0 Å². The van der Waals surface area contributed by atoms with Crippen molar-refractivity contribution in [2.45, 2.75) is 6.54 Å². The average molecular weight is 453 g/mol. The number of halogens is 2. The molecule has 3 aromatic rings. The van der Waals surface area contributed by atoms with Crippen LogP contribution in [0.1, 0.15) is 10.4 Å². The molecule has 2 aromatic heterocycles. The Bertz CT molecular complexity index is 1180. The number of nitrogens with one attached hydrogen (secondary N) is 2. The first-order chi connectivity index (χ1) is 14.1. The molecule has 0 spiro atoms. The number of nitrogens with zero attached hydrogens (tertiary/aromatic N) is 2. The summed E-state index contributed by atoms with van der Waals surface area (Å²) in [4.78, 5) is 16.7. The summed E-state index contributed by atoms with van der Waals surface area (Å²) >= 11 is 6.01. The van der Waals surface area contributed by atoms with E-state index in [1.807, 2.05) is 0 Å². The number of sulfonamides is 1. The second kappa shape index (κ2) is 8.82. The molecule has 1 aromatic carbocycles. The zero-order chi connectivity index (χ0) is 21.9. The lowest BCUT2D eigenvalue weighted by Gasteiger charge is -2.09. The summed E-state index contributed by atoms with van der Waals surface area (Å²) < 4.78 is 40.0. The topological polar surface area (TPSA) is 113 Å². The highest BCUT2D eigenvalue weighted by Crippen LogP contribution is 2.25. The van der Waals surface area contributed by atoms with Crippen LogP contribution in [0.15, 0.2) is 48.8 Å². The van der Waals surface area contributed by atoms with Crippen LogP contribution in [0.3, 0.4) is 0 Å². The van der Waals surface area contributed by atoms with Gasteiger partial charge in [-0.2, -0.15) is 0 Å². The second-order valence-corrected chi connectivity index (χ2v) is 8.63. The van der Waals surface area contributed by atoms with E-state index in [1.165, 1.54) is 36.5 Å². The van der Waals surface area contributed by atoms with Crippen molar-refractivity contribution in [2.24, 2.45) is 0 Å². The van der Waals surface area contributed by atoms with Crippen LogP contribution in [0.5, 0.6) is 0 Å². The molecule has 3 rings (SSSR count). The Labute approximate surface area is 177 Å². The molecule has 0 bridgehead atoms. The number of rotatable bonds is 7. The molecule has 2 heterocycles. The summed E-state index contributed by atoms with van der Waals surface area (Å²) in [5, 5.41) is 12.2. The number of pyridine rings is 1. The molecule has 0 unspecified atom stereocenters. The summed E-state index contributed by atoms with van der Waals surface area (Å²) in [5.74, 6) is -0.973. The summed E-state index contributed by atoms with van der Waals surface area (Å²) in [7, 11) is -3.52. The molecule has 0 radical (unpaired) electrons. The van der Waals surface area contributed by atoms with Crippen molar-refractivity contribution in [3.05, 3.63) is 65.2 Å². The van der Waals surface area contributed by atoms with Gasteiger partial charge in [-0.25, -0.2) is 12.8 Å². The maximum absolute atomic E-state index is 13.2. The Balaban J connectivity index is 1.89. The van der Waals surface area contributed by atoms with E-state index in [0.29, 0.717) is 11.4 Å². The van der Waals surface area contributed by atoms with E-state index in [9.17, 15) is 22.7 Å². The summed E-state index contributed by atoms with van der Waals surface area (Å²) in [6.45, 7) is 0.0417. The number of anilines is 2. The largest absolute Gasteiger partial charge is 0.395 e. The molecule has 0 aliphatic rings. The third kappa shape index (κ3) is 5.56. The van der Waals surface area contributed by atoms with E-state index in [-0.39, 0.29) is 35.1 Å². The fourth-order valence-corrected chi connectivity index (χ4v) is 3.59. The van der Waals surface area contributed by atoms with Crippen LogP contribution in [-0.4, -0.2) is 41.8 Å². The van der Waals surface area contributed by atoms with Crippen LogP contribution in [0.2, 0.25) is 5.02 Å². The highest BCUT2D eigenvalue weighted by atomic mass is 35.5. The van der Waals surface area contributed by atoms with Crippen LogP contribution in [0.4, 0.5) is 15.8 Å². The SMILES string of the molecule is CS(=O)(=O)Nc1cc(Cl)cc(NC(=O)c2cc(-c3ccc(F)cn3)n(CCO)c2)c1. The molecule has 11 heteroatoms. The normalized spacial score (nSPS) is 11.3. The Morgan fingerprint density at radius 2 is 1.97 bits per heavy atom. The van der Waals surface area contributed by atoms with Gasteiger partial charge in [0, 0.05) is 23.5 Å². The van der Waals surface area contributed by atoms with Gasteiger partial charge < -0.3 is 15.0 Å². The minimum atomic E-state index is -3.52. The van der Waals surface area contributed by atoms with E-state index in [4.69, 9.17) is 11.6 Å². The fourth-order valence-electron chi connectivity index (χ4n) is 2.81. The number of amides is 1. The predicted molar refractivity (Wildman–Crippen MR) is 113 cm³/mol. The Kier molecular flexibility index (Phi) is 6.40. The summed E-state index contributed by atoms with van der Waals surface area (Å²) in [5.41, 5.74) is 1.72. The van der Waals surface area contributed by atoms with Crippen LogP contribution in [0.25, 0.3) is 11.4 Å². The molecule has 0 atom stereocenters. The first kappa shape index (κ1) is 21.8. The van der Waals surface area contributed by atoms with E-state index in [0.717, 1.165) is 12.5 Å². The Morgan fingerprint density at radius 3 is 2.60 bits per heavy atom. The summed E-state index contributed by atoms with van der Waals surface area (Å²) in [6.07, 6.45) is 3.60. The van der Waals surface area contributed by atoms with Crippen LogP contribution >= 0.6 is 11.6 Å². The van der Waals surface area contributed by atoms with E-state index in [1.54, 1.807) is 10.6 Å². The van der Waals surface area contributed by atoms with Crippen LogP contribution in [0, 0.1) is 5.82 Å². The molecule has 30 heavy (non-hydrogen) atoms. The number of aromatic nitrogens is 2. The van der Waals surface area contributed by atoms with Crippen LogP contribution < -0.4 is 10.0 Å². The van der Waals surface area contributed by atoms with Gasteiger partial charge >= 0.3 is 0 Å². The number of hydrogen-bond donors (Lipinski definition) is 3. The van der Waals surface area contributed by atoms with Crippen LogP contribution in [-0.2, 0) is 16.6 Å². The predicted octanol–water partition coefficient (Wildman–Crippen LogP) is 2.96. The third-order valence-electron chi connectivity index (χ3n) is 3.95. The average Bonchev–Trinajstić information content (AvgIpc) is 3.05. The van der Waals surface area contributed by atoms with E-state index < -0.39 is 21.7 Å². The van der Waals surface area contributed by atoms with Gasteiger partial charge in [0.15, 0.2) is 0 Å². The smallest absolute Gasteiger partial charge is 0.257 e. The van der Waals surface area contributed by atoms with Gasteiger partial charge in [-0.3, -0.25) is 14.5 Å². The molecule has 0 aliphatic carbocycles. The fraction of sp³-hybridized carbons (Fsp3) is 0.158. The molecule has 0 aliphatic heterocycles. The van der Waals surface area contributed by atoms with Crippen molar-refractivity contribution in [3.63, 3.8) is 0 Å². The van der Waals surface area contributed by atoms with Gasteiger partial charge in [0.1, 0.15) is 5.82 Å². The maximum Gasteiger partial charge on any atom is 0.257 e. The van der Waals surface area contributed by atoms with Gasteiger partial charge in [0.2, 0.25) is 10.0 Å². The second-order valence-electron chi connectivity index (χ2n) is 6.45. The molecule has 158 valence electrons. The van der Waals surface area contributed by atoms with Crippen molar-refractivity contribution in [1.82, 2.24) is 9.55 Å². The molecular weight excluding hydrogens is 435 g/mol. The molecule has 3 N–H and O–H groups in total. The molecular formula is C19H18ClFN4O4S. The molecule has 0 fully saturated rings. The standard InChI is InChI=1S/C19H18ClFN4O4S/c1-30(28,29)24-16-8-13(20)7-15(9-16)23-19(27)12-6-18(25(11-12)4-5-26)17-3-2-14(21)10-22-17/h2-3,6-11,24,26H,4-5H2,1H3,(H,23,27). The van der Waals surface area contributed by atoms with Crippen molar-refractivity contribution in [3.8, 4) is 11.4 Å². The number of aliphatic hydroxyl groups is 1. The number of aliphatic hydroxyl groups excluding tert-OH is 1. The molecule has 0 saturated carbocycles. The first-order valence-electron chi connectivity index (χ1n) is 8.67. The molecule has 8 nitrogen and oxygen atoms in total. The summed E-state index contributed by atoms with van der Waals surface area (Å²) in [6, 6.07) is 8.60. The number of carbonyl (C=O) groups is 1. The number of carbonyl (C=O) groups excluding carboxylic acids is 1. The van der Waals surface area contributed by atoms with Crippen molar-refractivity contribution >= 4 is 38.9 Å².